The third-order valence-electron chi connectivity index (χ3n) is 5.59. The monoisotopic (exact) mass is 484 g/mol. The molecule has 9 heteroatoms. The van der Waals surface area contributed by atoms with Crippen molar-refractivity contribution in [3.63, 3.8) is 0 Å². The molecule has 0 unspecified atom stereocenters. The largest absolute Gasteiger partial charge is 0.461 e. The van der Waals surface area contributed by atoms with Crippen LogP contribution in [-0.4, -0.2) is 31.9 Å². The second-order valence-electron chi connectivity index (χ2n) is 7.82. The maximum Gasteiger partial charge on any atom is 0.356 e. The van der Waals surface area contributed by atoms with Gasteiger partial charge in [0.1, 0.15) is 10.7 Å². The van der Waals surface area contributed by atoms with Crippen LogP contribution in [0.25, 0.3) is 16.6 Å². The molecular formula is C24H22ClFN4O2S. The van der Waals surface area contributed by atoms with E-state index in [1.807, 2.05) is 34.5 Å². The Bertz CT molecular complexity index is 1360. The molecule has 0 amide bonds. The quantitative estimate of drug-likeness (QED) is 0.290. The molecule has 4 aromatic rings. The van der Waals surface area contributed by atoms with Crippen molar-refractivity contribution in [3.05, 3.63) is 65.0 Å². The van der Waals surface area contributed by atoms with Crippen molar-refractivity contribution < 1.29 is 13.9 Å². The Morgan fingerprint density at radius 1 is 1.27 bits per heavy atom. The van der Waals surface area contributed by atoms with Crippen LogP contribution in [0, 0.1) is 5.82 Å². The summed E-state index contributed by atoms with van der Waals surface area (Å²) in [6.07, 6.45) is 5.72. The zero-order valence-electron chi connectivity index (χ0n) is 18.2. The van der Waals surface area contributed by atoms with E-state index in [9.17, 15) is 4.79 Å². The molecule has 0 aliphatic heterocycles. The Hall–Kier alpha value is -2.84. The summed E-state index contributed by atoms with van der Waals surface area (Å²) in [5, 5.41) is 5.88. The number of rotatable bonds is 7. The SMILES string of the molecule is CCOC(=O)c1cccc(Sc2c(C3CC3)n(-c3cnn(CC)c3)c3c(F)c(Cl)ccc23)n1. The summed E-state index contributed by atoms with van der Waals surface area (Å²) in [4.78, 5) is 17.6. The Morgan fingerprint density at radius 3 is 2.79 bits per heavy atom. The third kappa shape index (κ3) is 4.02. The van der Waals surface area contributed by atoms with Crippen LogP contribution in [-0.2, 0) is 11.3 Å². The molecular weight excluding hydrogens is 463 g/mol. The minimum Gasteiger partial charge on any atom is -0.461 e. The van der Waals surface area contributed by atoms with Crippen LogP contribution in [0.1, 0.15) is 48.8 Å². The van der Waals surface area contributed by atoms with E-state index in [1.165, 1.54) is 11.8 Å². The highest BCUT2D eigenvalue weighted by Gasteiger charge is 2.34. The van der Waals surface area contributed by atoms with Gasteiger partial charge in [-0.15, -0.1) is 0 Å². The topological polar surface area (TPSA) is 61.9 Å². The van der Waals surface area contributed by atoms with Crippen molar-refractivity contribution in [2.45, 2.75) is 49.1 Å². The number of pyridine rings is 1. The van der Waals surface area contributed by atoms with Crippen LogP contribution >= 0.6 is 23.4 Å². The molecule has 5 rings (SSSR count). The van der Waals surface area contributed by atoms with E-state index in [2.05, 4.69) is 10.1 Å². The summed E-state index contributed by atoms with van der Waals surface area (Å²) in [6.45, 7) is 4.76. The maximum absolute atomic E-state index is 15.4. The van der Waals surface area contributed by atoms with Crippen LogP contribution in [0.4, 0.5) is 4.39 Å². The highest BCUT2D eigenvalue weighted by atomic mass is 35.5. The number of halogens is 2. The van der Waals surface area contributed by atoms with E-state index >= 15 is 4.39 Å². The lowest BCUT2D eigenvalue weighted by molar-refractivity contribution is 0.0518. The van der Waals surface area contributed by atoms with Gasteiger partial charge in [0, 0.05) is 34.6 Å². The van der Waals surface area contributed by atoms with Crippen LogP contribution in [0.15, 0.2) is 52.6 Å². The third-order valence-corrected chi connectivity index (χ3v) is 6.95. The average molecular weight is 485 g/mol. The lowest BCUT2D eigenvalue weighted by atomic mass is 10.2. The number of carbonyl (C=O) groups excluding carboxylic acids is 1. The lowest BCUT2D eigenvalue weighted by Crippen LogP contribution is -2.07. The first-order valence-corrected chi connectivity index (χ1v) is 12.1. The highest BCUT2D eigenvalue weighted by molar-refractivity contribution is 7.99. The van der Waals surface area contributed by atoms with E-state index < -0.39 is 11.8 Å². The zero-order valence-corrected chi connectivity index (χ0v) is 19.8. The average Bonchev–Trinajstić information content (AvgIpc) is 3.45. The van der Waals surface area contributed by atoms with E-state index in [0.717, 1.165) is 34.5 Å². The molecule has 0 spiro atoms. The van der Waals surface area contributed by atoms with Crippen LogP contribution < -0.4 is 0 Å². The fourth-order valence-electron chi connectivity index (χ4n) is 3.94. The van der Waals surface area contributed by atoms with Gasteiger partial charge in [-0.05, 0) is 51.0 Å². The molecule has 170 valence electrons. The first kappa shape index (κ1) is 22.0. The second kappa shape index (κ2) is 8.83. The summed E-state index contributed by atoms with van der Waals surface area (Å²) in [5.41, 5.74) is 2.50. The Kier molecular flexibility index (Phi) is 5.88. The minimum atomic E-state index is -0.463. The minimum absolute atomic E-state index is 0.0745. The van der Waals surface area contributed by atoms with Gasteiger partial charge in [0.05, 0.1) is 29.0 Å². The molecule has 0 atom stereocenters. The van der Waals surface area contributed by atoms with Crippen molar-refractivity contribution in [1.82, 2.24) is 19.3 Å². The smallest absolute Gasteiger partial charge is 0.356 e. The number of aromatic nitrogens is 4. The highest BCUT2D eigenvalue weighted by Crippen LogP contribution is 2.51. The fourth-order valence-corrected chi connectivity index (χ4v) is 5.23. The molecule has 0 bridgehead atoms. The number of fused-ring (bicyclic) bond motifs is 1. The van der Waals surface area contributed by atoms with Crippen LogP contribution in [0.5, 0.6) is 0 Å². The number of ether oxygens (including phenoxy) is 1. The van der Waals surface area contributed by atoms with Gasteiger partial charge in [0.25, 0.3) is 0 Å². The summed E-state index contributed by atoms with van der Waals surface area (Å²) in [7, 11) is 0. The van der Waals surface area contributed by atoms with Crippen molar-refractivity contribution in [2.24, 2.45) is 0 Å². The lowest BCUT2D eigenvalue weighted by Gasteiger charge is -2.10. The summed E-state index contributed by atoms with van der Waals surface area (Å²) in [6, 6.07) is 8.69. The van der Waals surface area contributed by atoms with Crippen LogP contribution in [0.2, 0.25) is 5.02 Å². The number of hydrogen-bond donors (Lipinski definition) is 0. The predicted molar refractivity (Wildman–Crippen MR) is 126 cm³/mol. The number of benzene rings is 1. The second-order valence-corrected chi connectivity index (χ2v) is 9.26. The van der Waals surface area contributed by atoms with Gasteiger partial charge in [0.15, 0.2) is 5.82 Å². The molecule has 0 N–H and O–H groups in total. The predicted octanol–water partition coefficient (Wildman–Crippen LogP) is 6.24. The Balaban J connectivity index is 1.70. The van der Waals surface area contributed by atoms with Gasteiger partial charge in [-0.25, -0.2) is 14.2 Å². The first-order chi connectivity index (χ1) is 16.0. The molecule has 3 heterocycles. The summed E-state index contributed by atoms with van der Waals surface area (Å²) >= 11 is 7.63. The van der Waals surface area contributed by atoms with Gasteiger partial charge >= 0.3 is 5.97 Å². The molecule has 1 saturated carbocycles. The normalized spacial score (nSPS) is 13.6. The molecule has 0 radical (unpaired) electrons. The first-order valence-electron chi connectivity index (χ1n) is 10.9. The Labute approximate surface area is 199 Å². The van der Waals surface area contributed by atoms with Gasteiger partial charge in [-0.2, -0.15) is 5.10 Å². The van der Waals surface area contributed by atoms with Crippen LogP contribution in [0.3, 0.4) is 0 Å². The summed E-state index contributed by atoms with van der Waals surface area (Å²) in [5.74, 6) is -0.619. The number of aryl methyl sites for hydroxylation is 1. The van der Waals surface area contributed by atoms with E-state index in [4.69, 9.17) is 16.3 Å². The van der Waals surface area contributed by atoms with Crippen molar-refractivity contribution in [2.75, 3.05) is 6.61 Å². The number of esters is 1. The standard InChI is InChI=1S/C24H22ClFN4O2S/c1-3-29-13-15(12-27-29)30-21(14-8-9-14)23(16-10-11-17(25)20(26)22(16)30)33-19-7-5-6-18(28-19)24(31)32-4-2/h5-7,10-14H,3-4,8-9H2,1-2H3. The van der Waals surface area contributed by atoms with E-state index in [1.54, 1.807) is 31.3 Å². The van der Waals surface area contributed by atoms with Gasteiger partial charge in [-0.3, -0.25) is 4.68 Å². The van der Waals surface area contributed by atoms with E-state index in [-0.39, 0.29) is 17.3 Å². The number of carbonyl (C=O) groups is 1. The zero-order chi connectivity index (χ0) is 23.1. The van der Waals surface area contributed by atoms with Crippen molar-refractivity contribution in [1.29, 1.82) is 0 Å². The fraction of sp³-hybridized carbons (Fsp3) is 0.292. The molecule has 1 fully saturated rings. The van der Waals surface area contributed by atoms with Gasteiger partial charge in [0.2, 0.25) is 0 Å². The molecule has 6 nitrogen and oxygen atoms in total. The number of nitrogens with zero attached hydrogens (tertiary/aromatic N) is 4. The molecule has 3 aromatic heterocycles. The maximum atomic E-state index is 15.4. The van der Waals surface area contributed by atoms with Gasteiger partial charge < -0.3 is 9.30 Å². The molecule has 1 aliphatic rings. The van der Waals surface area contributed by atoms with Crippen molar-refractivity contribution in [3.8, 4) is 5.69 Å². The summed E-state index contributed by atoms with van der Waals surface area (Å²) < 4.78 is 24.3. The Morgan fingerprint density at radius 2 is 2.09 bits per heavy atom. The molecule has 1 aliphatic carbocycles. The number of hydrogen-bond acceptors (Lipinski definition) is 5. The molecule has 1 aromatic carbocycles. The molecule has 33 heavy (non-hydrogen) atoms. The van der Waals surface area contributed by atoms with E-state index in [0.29, 0.717) is 23.0 Å². The van der Waals surface area contributed by atoms with Crippen molar-refractivity contribution >= 4 is 40.2 Å². The van der Waals surface area contributed by atoms with Gasteiger partial charge in [-0.1, -0.05) is 29.4 Å². The molecule has 0 saturated heterocycles.